The summed E-state index contributed by atoms with van der Waals surface area (Å²) in [4.78, 5) is 24.4. The van der Waals surface area contributed by atoms with Crippen molar-refractivity contribution in [2.75, 3.05) is 6.67 Å². The minimum atomic E-state index is -1.37. The molecular weight excluding hydrogens is 303 g/mol. The van der Waals surface area contributed by atoms with Crippen molar-refractivity contribution in [3.63, 3.8) is 0 Å². The Morgan fingerprint density at radius 2 is 1.62 bits per heavy atom. The largest absolute Gasteiger partial charge is 1.00 e. The van der Waals surface area contributed by atoms with Gasteiger partial charge in [0.15, 0.2) is 0 Å². The standard InChI is InChI=1S/C12H20FNO5.2Na/c13-8-4-2-1-3-5-10(15)14-9(12(18)19)6-7-11(16)17;;/h9H,1-8H2,(H,14,15)(H,16,17)(H,18,19);;/q;2*+1/p-2/t9-;;/m0../s1. The van der Waals surface area contributed by atoms with Crippen molar-refractivity contribution in [2.24, 2.45) is 4.99 Å². The number of aliphatic carboxylic acids is 2. The smallest absolute Gasteiger partial charge is 0.862 e. The zero-order chi connectivity index (χ0) is 14.7. The third-order valence-corrected chi connectivity index (χ3v) is 2.48. The molecule has 0 rings (SSSR count). The Hall–Kier alpha value is 0.340. The number of unbranched alkanes of at least 4 members (excludes halogenated alkanes) is 3. The van der Waals surface area contributed by atoms with E-state index in [0.717, 1.165) is 0 Å². The van der Waals surface area contributed by atoms with Gasteiger partial charge in [-0.25, -0.2) is 4.79 Å². The summed E-state index contributed by atoms with van der Waals surface area (Å²) in [5.74, 6) is -3.27. The van der Waals surface area contributed by atoms with Crippen LogP contribution in [-0.4, -0.2) is 35.7 Å². The third kappa shape index (κ3) is 16.5. The van der Waals surface area contributed by atoms with Crippen LogP contribution in [0.15, 0.2) is 4.99 Å². The summed E-state index contributed by atoms with van der Waals surface area (Å²) < 4.78 is 11.8. The Morgan fingerprint density at radius 3 is 2.10 bits per heavy atom. The van der Waals surface area contributed by atoms with Gasteiger partial charge in [0.2, 0.25) is 0 Å². The van der Waals surface area contributed by atoms with Crippen LogP contribution in [0.1, 0.15) is 44.9 Å². The Kier molecular flexibility index (Phi) is 20.9. The van der Waals surface area contributed by atoms with Crippen LogP contribution < -0.4 is 69.3 Å². The monoisotopic (exact) mass is 321 g/mol. The first-order chi connectivity index (χ1) is 8.97. The number of hydrogen-bond acceptors (Lipinski definition) is 5. The number of rotatable bonds is 11. The van der Waals surface area contributed by atoms with Crippen LogP contribution in [0.5, 0.6) is 0 Å². The topological polar surface area (TPSA) is 113 Å². The number of carbonyl (C=O) groups excluding carboxylic acids is 1. The van der Waals surface area contributed by atoms with Crippen molar-refractivity contribution >= 4 is 17.8 Å². The molecule has 0 amide bonds. The summed E-state index contributed by atoms with van der Waals surface area (Å²) in [6, 6.07) is -1.34. The predicted octanol–water partition coefficient (Wildman–Crippen LogP) is -6.34. The van der Waals surface area contributed by atoms with Gasteiger partial charge in [-0.05, 0) is 38.0 Å². The van der Waals surface area contributed by atoms with E-state index < -0.39 is 30.3 Å². The maximum Gasteiger partial charge on any atom is 1.00 e. The SMILES string of the molecule is O=C([O-])CC[C@H](N=C([O-])CCCCCCF)C(=O)O.[Na+].[Na+]. The van der Waals surface area contributed by atoms with E-state index in [1.54, 1.807) is 0 Å². The second kappa shape index (κ2) is 16.7. The normalized spacial score (nSPS) is 12.0. The Labute approximate surface area is 167 Å². The summed E-state index contributed by atoms with van der Waals surface area (Å²) >= 11 is 0. The number of halogens is 1. The van der Waals surface area contributed by atoms with Gasteiger partial charge in [-0.15, -0.1) is 0 Å². The quantitative estimate of drug-likeness (QED) is 0.176. The van der Waals surface area contributed by atoms with Gasteiger partial charge in [0.05, 0.1) is 6.67 Å². The molecule has 0 saturated heterocycles. The number of carboxylic acids is 2. The van der Waals surface area contributed by atoms with E-state index in [0.29, 0.717) is 25.7 Å². The number of alkyl halides is 1. The second-order valence-corrected chi connectivity index (χ2v) is 4.14. The molecule has 9 heteroatoms. The summed E-state index contributed by atoms with van der Waals surface area (Å²) in [6.45, 7) is -0.386. The fourth-order valence-electron chi connectivity index (χ4n) is 1.46. The molecule has 0 saturated carbocycles. The fourth-order valence-corrected chi connectivity index (χ4v) is 1.46. The molecule has 0 unspecified atom stereocenters. The summed E-state index contributed by atoms with van der Waals surface area (Å²) in [7, 11) is 0. The van der Waals surface area contributed by atoms with Crippen molar-refractivity contribution in [1.82, 2.24) is 0 Å². The van der Waals surface area contributed by atoms with Gasteiger partial charge in [0.1, 0.15) is 6.04 Å². The number of carboxylic acid groups (broad SMARTS) is 2. The minimum absolute atomic E-state index is 0. The Bertz CT molecular complexity index is 329. The molecule has 110 valence electrons. The number of hydrogen-bond donors (Lipinski definition) is 1. The molecule has 0 aromatic heterocycles. The van der Waals surface area contributed by atoms with Gasteiger partial charge in [-0.1, -0.05) is 12.8 Å². The first-order valence-corrected chi connectivity index (χ1v) is 6.19. The molecule has 21 heavy (non-hydrogen) atoms. The molecule has 0 fully saturated rings. The molecule has 0 aromatic rings. The van der Waals surface area contributed by atoms with E-state index in [1.807, 2.05) is 0 Å². The molecule has 0 aliphatic carbocycles. The van der Waals surface area contributed by atoms with Crippen LogP contribution in [-0.2, 0) is 9.59 Å². The van der Waals surface area contributed by atoms with Gasteiger partial charge < -0.3 is 20.1 Å². The van der Waals surface area contributed by atoms with E-state index in [9.17, 15) is 24.2 Å². The summed E-state index contributed by atoms with van der Waals surface area (Å²) in [5, 5.41) is 30.4. The first kappa shape index (κ1) is 26.2. The van der Waals surface area contributed by atoms with E-state index >= 15 is 0 Å². The molecule has 0 aromatic carbocycles. The molecule has 0 aliphatic heterocycles. The van der Waals surface area contributed by atoms with E-state index in [4.69, 9.17) is 5.11 Å². The fraction of sp³-hybridized carbons (Fsp3) is 0.750. The molecule has 1 N–H and O–H groups in total. The first-order valence-electron chi connectivity index (χ1n) is 6.19. The van der Waals surface area contributed by atoms with Crippen molar-refractivity contribution < 1.29 is 88.4 Å². The van der Waals surface area contributed by atoms with Gasteiger partial charge in [-0.2, -0.15) is 0 Å². The van der Waals surface area contributed by atoms with Crippen LogP contribution in [0.4, 0.5) is 4.39 Å². The molecule has 0 bridgehead atoms. The molecule has 0 aliphatic rings. The summed E-state index contributed by atoms with van der Waals surface area (Å²) in [5.41, 5.74) is 0. The van der Waals surface area contributed by atoms with Crippen LogP contribution in [0.25, 0.3) is 0 Å². The maximum absolute atomic E-state index is 11.8. The average Bonchev–Trinajstić information content (AvgIpc) is 2.33. The third-order valence-electron chi connectivity index (χ3n) is 2.48. The minimum Gasteiger partial charge on any atom is -0.862 e. The summed E-state index contributed by atoms with van der Waals surface area (Å²) in [6.07, 6.45) is 1.72. The van der Waals surface area contributed by atoms with Crippen LogP contribution in [0.3, 0.4) is 0 Å². The van der Waals surface area contributed by atoms with Crippen LogP contribution in [0.2, 0.25) is 0 Å². The predicted molar refractivity (Wildman–Crippen MR) is 62.2 cm³/mol. The second-order valence-electron chi connectivity index (χ2n) is 4.14. The van der Waals surface area contributed by atoms with Gasteiger partial charge in [0, 0.05) is 5.97 Å². The van der Waals surface area contributed by atoms with Gasteiger partial charge >= 0.3 is 65.1 Å². The molecule has 6 nitrogen and oxygen atoms in total. The number of nitrogens with zero attached hydrogens (tertiary/aromatic N) is 1. The average molecular weight is 321 g/mol. The maximum atomic E-state index is 11.8. The molecule has 0 spiro atoms. The Morgan fingerprint density at radius 1 is 1.05 bits per heavy atom. The van der Waals surface area contributed by atoms with E-state index in [2.05, 4.69) is 4.99 Å². The van der Waals surface area contributed by atoms with Crippen LogP contribution in [0, 0.1) is 0 Å². The van der Waals surface area contributed by atoms with Gasteiger partial charge in [-0.3, -0.25) is 9.38 Å². The number of aliphatic imine (C=N–C) groups is 1. The Balaban J connectivity index is -0.00000162. The van der Waals surface area contributed by atoms with Crippen molar-refractivity contribution in [3.05, 3.63) is 0 Å². The molecule has 0 radical (unpaired) electrons. The zero-order valence-electron chi connectivity index (χ0n) is 12.6. The van der Waals surface area contributed by atoms with Crippen molar-refractivity contribution in [3.8, 4) is 0 Å². The van der Waals surface area contributed by atoms with E-state index in [1.165, 1.54) is 0 Å². The number of carbonyl (C=O) groups is 2. The van der Waals surface area contributed by atoms with Crippen LogP contribution >= 0.6 is 0 Å². The van der Waals surface area contributed by atoms with Crippen molar-refractivity contribution in [1.29, 1.82) is 0 Å². The van der Waals surface area contributed by atoms with E-state index in [-0.39, 0.29) is 78.6 Å². The molecular formula is C12H18FNNa2O5. The van der Waals surface area contributed by atoms with Crippen molar-refractivity contribution in [2.45, 2.75) is 51.0 Å². The van der Waals surface area contributed by atoms with Gasteiger partial charge in [0.25, 0.3) is 0 Å². The molecule has 0 heterocycles. The molecule has 1 atom stereocenters. The zero-order valence-corrected chi connectivity index (χ0v) is 16.6.